The van der Waals surface area contributed by atoms with E-state index in [2.05, 4.69) is 27.0 Å². The van der Waals surface area contributed by atoms with Gasteiger partial charge in [-0.15, -0.1) is 24.0 Å². The maximum absolute atomic E-state index is 10.9. The first kappa shape index (κ1) is 25.4. The maximum atomic E-state index is 10.9. The molecule has 1 rings (SSSR count). The third-order valence-electron chi connectivity index (χ3n) is 3.52. The molecule has 0 radical (unpaired) electrons. The molecule has 0 aliphatic heterocycles. The smallest absolute Gasteiger partial charge is 0.216 e. The summed E-state index contributed by atoms with van der Waals surface area (Å²) in [4.78, 5) is 15.5. The first-order valence-electron chi connectivity index (χ1n) is 9.04. The average Bonchev–Trinajstić information content (AvgIpc) is 2.61. The molecule has 1 aromatic carbocycles. The second-order valence-corrected chi connectivity index (χ2v) is 5.91. The number of hydrogen-bond acceptors (Lipinski definition) is 4. The van der Waals surface area contributed by atoms with Crippen molar-refractivity contribution in [3.05, 3.63) is 29.3 Å². The van der Waals surface area contributed by atoms with E-state index in [0.717, 1.165) is 29.8 Å². The van der Waals surface area contributed by atoms with E-state index in [1.807, 2.05) is 26.0 Å². The van der Waals surface area contributed by atoms with Crippen LogP contribution in [0.4, 0.5) is 0 Å². The second-order valence-electron chi connectivity index (χ2n) is 5.91. The van der Waals surface area contributed by atoms with Gasteiger partial charge in [-0.05, 0) is 25.5 Å². The van der Waals surface area contributed by atoms with Crippen LogP contribution in [-0.4, -0.2) is 51.8 Å². The summed E-state index contributed by atoms with van der Waals surface area (Å²) in [6.07, 6.45) is 0.848. The molecule has 0 saturated heterocycles. The van der Waals surface area contributed by atoms with Crippen LogP contribution in [0.25, 0.3) is 0 Å². The van der Waals surface area contributed by atoms with Gasteiger partial charge in [-0.2, -0.15) is 0 Å². The number of benzene rings is 1. The van der Waals surface area contributed by atoms with Crippen LogP contribution in [0.5, 0.6) is 5.75 Å². The van der Waals surface area contributed by atoms with Crippen LogP contribution in [0.2, 0.25) is 0 Å². The Morgan fingerprint density at radius 1 is 1.15 bits per heavy atom. The fourth-order valence-electron chi connectivity index (χ4n) is 2.24. The summed E-state index contributed by atoms with van der Waals surface area (Å²) < 4.78 is 11.0. The van der Waals surface area contributed by atoms with E-state index >= 15 is 0 Å². The van der Waals surface area contributed by atoms with E-state index in [4.69, 9.17) is 9.47 Å². The molecule has 0 bridgehead atoms. The molecule has 0 saturated carbocycles. The monoisotopic (exact) mass is 492 g/mol. The van der Waals surface area contributed by atoms with Crippen molar-refractivity contribution in [3.63, 3.8) is 0 Å². The van der Waals surface area contributed by atoms with Crippen molar-refractivity contribution in [1.29, 1.82) is 0 Å². The lowest BCUT2D eigenvalue weighted by molar-refractivity contribution is -0.118. The van der Waals surface area contributed by atoms with Crippen molar-refractivity contribution in [2.45, 2.75) is 33.7 Å². The van der Waals surface area contributed by atoms with Crippen molar-refractivity contribution >= 4 is 35.8 Å². The molecule has 0 fully saturated rings. The number of halogens is 1. The number of rotatable bonds is 11. The Balaban J connectivity index is 0.00000676. The number of nitrogens with one attached hydrogen (secondary N) is 3. The number of carbonyl (C=O) groups excluding carboxylic acids is 1. The molecule has 3 N–H and O–H groups in total. The predicted octanol–water partition coefficient (Wildman–Crippen LogP) is 2.22. The van der Waals surface area contributed by atoms with Crippen LogP contribution < -0.4 is 20.7 Å². The van der Waals surface area contributed by atoms with Crippen LogP contribution >= 0.6 is 24.0 Å². The third kappa shape index (κ3) is 11.7. The normalized spacial score (nSPS) is 10.7. The van der Waals surface area contributed by atoms with E-state index in [0.29, 0.717) is 38.8 Å². The van der Waals surface area contributed by atoms with Crippen molar-refractivity contribution in [2.75, 3.05) is 40.0 Å². The number of methoxy groups -OCH3 is 1. The molecule has 0 unspecified atom stereocenters. The summed E-state index contributed by atoms with van der Waals surface area (Å²) in [6, 6.07) is 6.14. The standard InChI is InChI=1S/C19H32N4O3.HI/c1-5-20-19(22-10-9-21-16(3)24)23-14-17-8-7-15(2)13-18(17)26-12-6-11-25-4;/h7-8,13H,5-6,9-12,14H2,1-4H3,(H,21,24)(H2,20,22,23);1H. The minimum Gasteiger partial charge on any atom is -0.493 e. The molecule has 0 atom stereocenters. The van der Waals surface area contributed by atoms with Gasteiger partial charge in [0.05, 0.1) is 13.2 Å². The van der Waals surface area contributed by atoms with Gasteiger partial charge >= 0.3 is 0 Å². The van der Waals surface area contributed by atoms with Crippen LogP contribution in [0.1, 0.15) is 31.4 Å². The van der Waals surface area contributed by atoms with E-state index in [1.54, 1.807) is 7.11 Å². The van der Waals surface area contributed by atoms with E-state index < -0.39 is 0 Å². The van der Waals surface area contributed by atoms with Gasteiger partial charge < -0.3 is 25.4 Å². The number of guanidine groups is 1. The molecule has 0 aliphatic rings. The highest BCUT2D eigenvalue weighted by molar-refractivity contribution is 14.0. The molecule has 8 heteroatoms. The fraction of sp³-hybridized carbons (Fsp3) is 0.579. The largest absolute Gasteiger partial charge is 0.493 e. The lowest BCUT2D eigenvalue weighted by Crippen LogP contribution is -2.41. The van der Waals surface area contributed by atoms with Gasteiger partial charge in [-0.1, -0.05) is 12.1 Å². The molecule has 1 aromatic rings. The summed E-state index contributed by atoms with van der Waals surface area (Å²) in [5.41, 5.74) is 2.19. The Morgan fingerprint density at radius 2 is 1.89 bits per heavy atom. The van der Waals surface area contributed by atoms with Crippen LogP contribution in [0.3, 0.4) is 0 Å². The predicted molar refractivity (Wildman–Crippen MR) is 120 cm³/mol. The second kappa shape index (κ2) is 15.5. The fourth-order valence-corrected chi connectivity index (χ4v) is 2.24. The zero-order chi connectivity index (χ0) is 19.2. The third-order valence-corrected chi connectivity index (χ3v) is 3.52. The van der Waals surface area contributed by atoms with Gasteiger partial charge in [0.15, 0.2) is 5.96 Å². The quantitative estimate of drug-likeness (QED) is 0.191. The first-order chi connectivity index (χ1) is 12.6. The van der Waals surface area contributed by atoms with Gasteiger partial charge in [0.2, 0.25) is 5.91 Å². The molecule has 0 heterocycles. The Labute approximate surface area is 179 Å². The molecular weight excluding hydrogens is 459 g/mol. The van der Waals surface area contributed by atoms with Crippen molar-refractivity contribution in [2.24, 2.45) is 4.99 Å². The molecule has 27 heavy (non-hydrogen) atoms. The van der Waals surface area contributed by atoms with Gasteiger partial charge in [0.25, 0.3) is 0 Å². The molecular formula is C19H33IN4O3. The minimum absolute atomic E-state index is 0. The first-order valence-corrected chi connectivity index (χ1v) is 9.04. The molecule has 0 aromatic heterocycles. The van der Waals surface area contributed by atoms with E-state index in [1.165, 1.54) is 6.92 Å². The van der Waals surface area contributed by atoms with Crippen molar-refractivity contribution in [3.8, 4) is 5.75 Å². The summed E-state index contributed by atoms with van der Waals surface area (Å²) in [6.45, 7) is 9.30. The zero-order valence-electron chi connectivity index (χ0n) is 16.8. The number of amides is 1. The molecule has 1 amide bonds. The highest BCUT2D eigenvalue weighted by Gasteiger charge is 2.05. The van der Waals surface area contributed by atoms with Crippen LogP contribution in [0, 0.1) is 6.92 Å². The highest BCUT2D eigenvalue weighted by Crippen LogP contribution is 2.21. The number of hydrogen-bond donors (Lipinski definition) is 3. The SMILES string of the molecule is CCNC(=NCc1ccc(C)cc1OCCCOC)NCCNC(C)=O.I. The van der Waals surface area contributed by atoms with E-state index in [9.17, 15) is 4.79 Å². The van der Waals surface area contributed by atoms with Gasteiger partial charge in [-0.3, -0.25) is 4.79 Å². The zero-order valence-corrected chi connectivity index (χ0v) is 19.1. The van der Waals surface area contributed by atoms with Gasteiger partial charge in [0.1, 0.15) is 5.75 Å². The summed E-state index contributed by atoms with van der Waals surface area (Å²) in [5.74, 6) is 1.53. The number of aryl methyl sites for hydroxylation is 1. The number of carbonyl (C=O) groups is 1. The maximum Gasteiger partial charge on any atom is 0.216 e. The molecule has 7 nitrogen and oxygen atoms in total. The molecule has 154 valence electrons. The van der Waals surface area contributed by atoms with Gasteiger partial charge in [0, 0.05) is 52.3 Å². The molecule has 0 aliphatic carbocycles. The van der Waals surface area contributed by atoms with E-state index in [-0.39, 0.29) is 29.9 Å². The van der Waals surface area contributed by atoms with Crippen molar-refractivity contribution < 1.29 is 14.3 Å². The number of nitrogens with zero attached hydrogens (tertiary/aromatic N) is 1. The highest BCUT2D eigenvalue weighted by atomic mass is 127. The Morgan fingerprint density at radius 3 is 2.56 bits per heavy atom. The Bertz CT molecular complexity index is 582. The van der Waals surface area contributed by atoms with Crippen molar-refractivity contribution in [1.82, 2.24) is 16.0 Å². The average molecular weight is 492 g/mol. The summed E-state index contributed by atoms with van der Waals surface area (Å²) >= 11 is 0. The van der Waals surface area contributed by atoms with Crippen LogP contribution in [-0.2, 0) is 16.1 Å². The van der Waals surface area contributed by atoms with Crippen LogP contribution in [0.15, 0.2) is 23.2 Å². The number of ether oxygens (including phenoxy) is 2. The number of aliphatic imine (C=N–C) groups is 1. The lowest BCUT2D eigenvalue weighted by Gasteiger charge is -2.14. The summed E-state index contributed by atoms with van der Waals surface area (Å²) in [5, 5.41) is 9.16. The molecule has 0 spiro atoms. The Kier molecular flexibility index (Phi) is 14.6. The lowest BCUT2D eigenvalue weighted by atomic mass is 10.1. The van der Waals surface area contributed by atoms with Gasteiger partial charge in [-0.25, -0.2) is 4.99 Å². The summed E-state index contributed by atoms with van der Waals surface area (Å²) in [7, 11) is 1.69. The minimum atomic E-state index is -0.0383. The Hall–Kier alpha value is -1.55. The topological polar surface area (TPSA) is 84.0 Å².